The van der Waals surface area contributed by atoms with Crippen molar-refractivity contribution < 1.29 is 19.3 Å². The second-order valence-electron chi connectivity index (χ2n) is 4.38. The molecule has 4 nitrogen and oxygen atoms in total. The first kappa shape index (κ1) is 14.1. The van der Waals surface area contributed by atoms with E-state index in [1.807, 2.05) is 37.3 Å². The molecule has 0 heterocycles. The number of ether oxygens (including phenoxy) is 3. The second-order valence-corrected chi connectivity index (χ2v) is 4.38. The van der Waals surface area contributed by atoms with E-state index in [4.69, 9.17) is 14.2 Å². The fourth-order valence-electron chi connectivity index (χ4n) is 2.03. The van der Waals surface area contributed by atoms with Crippen LogP contribution in [0.5, 0.6) is 23.0 Å². The van der Waals surface area contributed by atoms with Crippen LogP contribution in [0.15, 0.2) is 36.4 Å². The first-order valence-electron chi connectivity index (χ1n) is 6.28. The minimum absolute atomic E-state index is 0.0360. The summed E-state index contributed by atoms with van der Waals surface area (Å²) >= 11 is 0. The Bertz CT molecular complexity index is 579. The summed E-state index contributed by atoms with van der Waals surface area (Å²) in [4.78, 5) is 0. The molecule has 0 spiro atoms. The summed E-state index contributed by atoms with van der Waals surface area (Å²) in [5, 5.41) is 9.85. The Balaban J connectivity index is 2.31. The molecule has 2 aromatic carbocycles. The Kier molecular flexibility index (Phi) is 4.35. The zero-order valence-corrected chi connectivity index (χ0v) is 11.8. The molecule has 0 amide bonds. The van der Waals surface area contributed by atoms with Crippen molar-refractivity contribution in [2.24, 2.45) is 0 Å². The zero-order valence-electron chi connectivity index (χ0n) is 11.8. The summed E-state index contributed by atoms with van der Waals surface area (Å²) in [6.07, 6.45) is 0. The highest BCUT2D eigenvalue weighted by Crippen LogP contribution is 2.46. The van der Waals surface area contributed by atoms with Crippen LogP contribution < -0.4 is 14.2 Å². The number of phenolic OH excluding ortho intramolecular Hbond substituents is 1. The Morgan fingerprint density at radius 2 is 1.60 bits per heavy atom. The minimum Gasteiger partial charge on any atom is -0.504 e. The van der Waals surface area contributed by atoms with Crippen molar-refractivity contribution in [1.29, 1.82) is 0 Å². The van der Waals surface area contributed by atoms with E-state index in [1.165, 1.54) is 14.2 Å². The molecule has 0 unspecified atom stereocenters. The van der Waals surface area contributed by atoms with Crippen molar-refractivity contribution in [3.05, 3.63) is 47.5 Å². The third kappa shape index (κ3) is 2.79. The number of hydrogen-bond donors (Lipinski definition) is 1. The summed E-state index contributed by atoms with van der Waals surface area (Å²) in [5.74, 6) is 1.29. The van der Waals surface area contributed by atoms with Gasteiger partial charge in [-0.05, 0) is 24.1 Å². The highest BCUT2D eigenvalue weighted by molar-refractivity contribution is 5.62. The highest BCUT2D eigenvalue weighted by atomic mass is 16.5. The van der Waals surface area contributed by atoms with E-state index in [0.29, 0.717) is 18.1 Å². The fourth-order valence-corrected chi connectivity index (χ4v) is 2.03. The van der Waals surface area contributed by atoms with Crippen molar-refractivity contribution in [3.63, 3.8) is 0 Å². The SMILES string of the molecule is COc1c(O)cc(C)c(OCc2ccccc2)c1OC. The molecule has 106 valence electrons. The number of aromatic hydroxyl groups is 1. The molecule has 0 radical (unpaired) electrons. The van der Waals surface area contributed by atoms with Crippen LogP contribution in [0.25, 0.3) is 0 Å². The van der Waals surface area contributed by atoms with Crippen LogP contribution in [-0.2, 0) is 6.61 Å². The van der Waals surface area contributed by atoms with E-state index in [2.05, 4.69) is 0 Å². The van der Waals surface area contributed by atoms with Gasteiger partial charge in [-0.25, -0.2) is 0 Å². The van der Waals surface area contributed by atoms with E-state index in [0.717, 1.165) is 11.1 Å². The number of aryl methyl sites for hydroxylation is 1. The van der Waals surface area contributed by atoms with Gasteiger partial charge in [-0.1, -0.05) is 30.3 Å². The van der Waals surface area contributed by atoms with Crippen LogP contribution in [0.2, 0.25) is 0 Å². The quantitative estimate of drug-likeness (QED) is 0.908. The normalized spacial score (nSPS) is 10.2. The molecule has 0 saturated heterocycles. The van der Waals surface area contributed by atoms with Crippen LogP contribution in [0.4, 0.5) is 0 Å². The average molecular weight is 274 g/mol. The molecule has 2 rings (SSSR count). The van der Waals surface area contributed by atoms with E-state index in [-0.39, 0.29) is 11.5 Å². The standard InChI is InChI=1S/C16H18O4/c1-11-9-13(17)15(18-2)16(19-3)14(11)20-10-12-7-5-4-6-8-12/h4-9,17H,10H2,1-3H3. The molecule has 4 heteroatoms. The van der Waals surface area contributed by atoms with Crippen molar-refractivity contribution in [2.45, 2.75) is 13.5 Å². The lowest BCUT2D eigenvalue weighted by Gasteiger charge is -2.17. The molecule has 0 aromatic heterocycles. The summed E-state index contributed by atoms with van der Waals surface area (Å²) in [7, 11) is 3.00. The zero-order chi connectivity index (χ0) is 14.5. The lowest BCUT2D eigenvalue weighted by molar-refractivity contribution is 0.269. The molecule has 0 bridgehead atoms. The fraction of sp³-hybridized carbons (Fsp3) is 0.250. The van der Waals surface area contributed by atoms with Gasteiger partial charge in [0.05, 0.1) is 14.2 Å². The van der Waals surface area contributed by atoms with Gasteiger partial charge in [-0.2, -0.15) is 0 Å². The van der Waals surface area contributed by atoms with Gasteiger partial charge in [-0.15, -0.1) is 0 Å². The van der Waals surface area contributed by atoms with Crippen molar-refractivity contribution in [2.75, 3.05) is 14.2 Å². The summed E-state index contributed by atoms with van der Waals surface area (Å²) < 4.78 is 16.3. The molecule has 0 atom stereocenters. The van der Waals surface area contributed by atoms with E-state index in [1.54, 1.807) is 6.07 Å². The van der Waals surface area contributed by atoms with Gasteiger partial charge in [0.2, 0.25) is 11.5 Å². The van der Waals surface area contributed by atoms with Gasteiger partial charge in [-0.3, -0.25) is 0 Å². The Morgan fingerprint density at radius 3 is 2.20 bits per heavy atom. The molecule has 0 fully saturated rings. The first-order chi connectivity index (χ1) is 9.67. The van der Waals surface area contributed by atoms with E-state index in [9.17, 15) is 5.11 Å². The van der Waals surface area contributed by atoms with Crippen molar-refractivity contribution in [1.82, 2.24) is 0 Å². The molecule has 20 heavy (non-hydrogen) atoms. The molecular weight excluding hydrogens is 256 g/mol. The molecule has 0 aliphatic rings. The lowest BCUT2D eigenvalue weighted by Crippen LogP contribution is -2.01. The topological polar surface area (TPSA) is 47.9 Å². The largest absolute Gasteiger partial charge is 0.504 e. The Morgan fingerprint density at radius 1 is 0.950 bits per heavy atom. The maximum atomic E-state index is 9.85. The number of rotatable bonds is 5. The summed E-state index contributed by atoms with van der Waals surface area (Å²) in [6, 6.07) is 11.4. The van der Waals surface area contributed by atoms with Gasteiger partial charge >= 0.3 is 0 Å². The lowest BCUT2D eigenvalue weighted by atomic mass is 10.1. The number of hydrogen-bond acceptors (Lipinski definition) is 4. The van der Waals surface area contributed by atoms with Crippen LogP contribution in [0.3, 0.4) is 0 Å². The van der Waals surface area contributed by atoms with E-state index >= 15 is 0 Å². The molecule has 0 aliphatic carbocycles. The predicted octanol–water partition coefficient (Wildman–Crippen LogP) is 3.30. The van der Waals surface area contributed by atoms with Gasteiger partial charge < -0.3 is 19.3 Å². The predicted molar refractivity (Wildman–Crippen MR) is 76.7 cm³/mol. The Hall–Kier alpha value is -2.36. The van der Waals surface area contributed by atoms with Crippen molar-refractivity contribution >= 4 is 0 Å². The molecular formula is C16H18O4. The molecule has 0 saturated carbocycles. The maximum absolute atomic E-state index is 9.85. The molecule has 2 aromatic rings. The summed E-state index contributed by atoms with van der Waals surface area (Å²) in [5.41, 5.74) is 1.84. The third-order valence-electron chi connectivity index (χ3n) is 2.99. The average Bonchev–Trinajstić information content (AvgIpc) is 2.46. The molecule has 0 aliphatic heterocycles. The number of methoxy groups -OCH3 is 2. The number of phenols is 1. The van der Waals surface area contributed by atoms with Crippen LogP contribution in [0, 0.1) is 6.92 Å². The second kappa shape index (κ2) is 6.19. The third-order valence-corrected chi connectivity index (χ3v) is 2.99. The van der Waals surface area contributed by atoms with Crippen LogP contribution in [-0.4, -0.2) is 19.3 Å². The summed E-state index contributed by atoms with van der Waals surface area (Å²) in [6.45, 7) is 2.27. The van der Waals surface area contributed by atoms with Crippen molar-refractivity contribution in [3.8, 4) is 23.0 Å². The van der Waals surface area contributed by atoms with Gasteiger partial charge in [0.15, 0.2) is 11.5 Å². The Labute approximate surface area is 118 Å². The van der Waals surface area contributed by atoms with Gasteiger partial charge in [0.1, 0.15) is 6.61 Å². The monoisotopic (exact) mass is 274 g/mol. The minimum atomic E-state index is 0.0360. The maximum Gasteiger partial charge on any atom is 0.207 e. The highest BCUT2D eigenvalue weighted by Gasteiger charge is 2.19. The van der Waals surface area contributed by atoms with Gasteiger partial charge in [0, 0.05) is 0 Å². The van der Waals surface area contributed by atoms with Crippen LogP contribution >= 0.6 is 0 Å². The first-order valence-corrected chi connectivity index (χ1v) is 6.28. The van der Waals surface area contributed by atoms with Gasteiger partial charge in [0.25, 0.3) is 0 Å². The smallest absolute Gasteiger partial charge is 0.207 e. The molecule has 1 N–H and O–H groups in total. The number of benzene rings is 2. The van der Waals surface area contributed by atoms with Crippen LogP contribution in [0.1, 0.15) is 11.1 Å². The van der Waals surface area contributed by atoms with E-state index < -0.39 is 0 Å².